The molecule has 0 unspecified atom stereocenters. The van der Waals surface area contributed by atoms with Crippen LogP contribution in [0.15, 0.2) is 5.03 Å². The number of unbranched alkanes of at least 4 members (excludes halogenated alkanes) is 2. The van der Waals surface area contributed by atoms with Gasteiger partial charge in [0.05, 0.1) is 0 Å². The number of anilines is 1. The summed E-state index contributed by atoms with van der Waals surface area (Å²) in [7, 11) is 0. The number of hydrogen-bond donors (Lipinski definition) is 4. The number of primary amides is 1. The number of thioether (sulfide) groups is 1. The van der Waals surface area contributed by atoms with E-state index in [4.69, 9.17) is 10.8 Å². The van der Waals surface area contributed by atoms with E-state index in [0.29, 0.717) is 5.03 Å². The Hall–Kier alpha value is -1.81. The van der Waals surface area contributed by atoms with Gasteiger partial charge in [0.1, 0.15) is 22.1 Å². The molecule has 22 heavy (non-hydrogen) atoms. The van der Waals surface area contributed by atoms with Crippen LogP contribution in [0.2, 0.25) is 0 Å². The van der Waals surface area contributed by atoms with E-state index in [1.54, 1.807) is 0 Å². The molecule has 1 aromatic rings. The number of carbonyl (C=O) groups is 3. The number of carbonyl (C=O) groups excluding carboxylic acids is 2. The fourth-order valence-corrected chi connectivity index (χ4v) is 3.47. The Labute approximate surface area is 136 Å². The van der Waals surface area contributed by atoms with E-state index < -0.39 is 24.5 Å². The van der Waals surface area contributed by atoms with Crippen LogP contribution in [0.3, 0.4) is 0 Å². The highest BCUT2D eigenvalue weighted by Gasteiger charge is 2.20. The molecule has 0 aliphatic rings. The second-order valence-electron chi connectivity index (χ2n) is 4.31. The van der Waals surface area contributed by atoms with E-state index in [0.717, 1.165) is 36.5 Å². The number of carboxylic acid groups (broad SMARTS) is 1. The predicted molar refractivity (Wildman–Crippen MR) is 85.5 cm³/mol. The molecule has 1 rings (SSSR count). The lowest BCUT2D eigenvalue weighted by molar-refractivity contribution is -0.135. The van der Waals surface area contributed by atoms with Gasteiger partial charge in [-0.15, -0.1) is 11.8 Å². The van der Waals surface area contributed by atoms with Crippen LogP contribution in [0.25, 0.3) is 0 Å². The van der Waals surface area contributed by atoms with Gasteiger partial charge in [-0.2, -0.15) is 4.37 Å². The summed E-state index contributed by atoms with van der Waals surface area (Å²) in [6.45, 7) is 1.58. The minimum atomic E-state index is -1.17. The highest BCUT2D eigenvalue weighted by molar-refractivity contribution is 7.99. The van der Waals surface area contributed by atoms with Crippen molar-refractivity contribution in [3.05, 3.63) is 5.56 Å². The largest absolute Gasteiger partial charge is 0.480 e. The summed E-state index contributed by atoms with van der Waals surface area (Å²) in [6.07, 6.45) is 3.18. The summed E-state index contributed by atoms with van der Waals surface area (Å²) >= 11 is 2.35. The van der Waals surface area contributed by atoms with E-state index in [-0.39, 0.29) is 10.6 Å². The molecule has 0 saturated carbocycles. The molecular weight excluding hydrogens is 328 g/mol. The van der Waals surface area contributed by atoms with Gasteiger partial charge in [-0.25, -0.2) is 4.79 Å². The molecule has 1 heterocycles. The third kappa shape index (κ3) is 5.90. The van der Waals surface area contributed by atoms with Crippen LogP contribution in [-0.4, -0.2) is 39.7 Å². The van der Waals surface area contributed by atoms with Crippen molar-refractivity contribution in [1.82, 2.24) is 9.69 Å². The second kappa shape index (κ2) is 9.26. The van der Waals surface area contributed by atoms with Crippen molar-refractivity contribution in [2.45, 2.75) is 31.2 Å². The lowest BCUT2D eigenvalue weighted by Gasteiger charge is -2.05. The Kier molecular flexibility index (Phi) is 7.67. The zero-order valence-electron chi connectivity index (χ0n) is 12.0. The number of carboxylic acids is 1. The van der Waals surface area contributed by atoms with Crippen LogP contribution in [0.1, 0.15) is 36.5 Å². The van der Waals surface area contributed by atoms with Gasteiger partial charge in [-0.1, -0.05) is 19.8 Å². The van der Waals surface area contributed by atoms with Crippen LogP contribution in [0, 0.1) is 0 Å². The Morgan fingerprint density at radius 3 is 2.68 bits per heavy atom. The van der Waals surface area contributed by atoms with Crippen molar-refractivity contribution in [2.24, 2.45) is 5.73 Å². The normalized spacial score (nSPS) is 10.2. The van der Waals surface area contributed by atoms with Crippen LogP contribution in [0.5, 0.6) is 0 Å². The summed E-state index contributed by atoms with van der Waals surface area (Å²) in [4.78, 5) is 33.5. The highest BCUT2D eigenvalue weighted by Crippen LogP contribution is 2.32. The number of amides is 3. The third-order valence-corrected chi connectivity index (χ3v) is 4.46. The predicted octanol–water partition coefficient (Wildman–Crippen LogP) is 1.73. The van der Waals surface area contributed by atoms with Crippen LogP contribution in [0.4, 0.5) is 9.80 Å². The molecule has 0 aliphatic carbocycles. The molecule has 0 aliphatic heterocycles. The number of rotatable bonds is 9. The molecule has 10 heteroatoms. The van der Waals surface area contributed by atoms with Gasteiger partial charge >= 0.3 is 12.0 Å². The first-order chi connectivity index (χ1) is 10.5. The number of aromatic nitrogens is 1. The molecule has 122 valence electrons. The monoisotopic (exact) mass is 346 g/mol. The zero-order valence-corrected chi connectivity index (χ0v) is 13.7. The molecule has 0 spiro atoms. The summed E-state index contributed by atoms with van der Waals surface area (Å²) in [5.41, 5.74) is 5.50. The number of nitrogens with one attached hydrogen (secondary N) is 2. The first-order valence-electron chi connectivity index (χ1n) is 6.64. The molecular formula is C12H18N4O4S2. The number of urea groups is 1. The lowest BCUT2D eigenvalue weighted by Crippen LogP contribution is -2.33. The van der Waals surface area contributed by atoms with E-state index >= 15 is 0 Å². The molecule has 8 nitrogen and oxygen atoms in total. The summed E-state index contributed by atoms with van der Waals surface area (Å²) in [6, 6.07) is -0.726. The van der Waals surface area contributed by atoms with Crippen LogP contribution in [-0.2, 0) is 4.79 Å². The molecule has 0 radical (unpaired) electrons. The van der Waals surface area contributed by atoms with Crippen molar-refractivity contribution in [1.29, 1.82) is 0 Å². The minimum absolute atomic E-state index is 0.164. The Balaban J connectivity index is 2.70. The maximum atomic E-state index is 11.5. The zero-order chi connectivity index (χ0) is 16.5. The fourth-order valence-electron chi connectivity index (χ4n) is 1.50. The maximum Gasteiger partial charge on any atom is 0.323 e. The summed E-state index contributed by atoms with van der Waals surface area (Å²) in [5.74, 6) is -1.04. The van der Waals surface area contributed by atoms with Gasteiger partial charge in [0.2, 0.25) is 0 Å². The van der Waals surface area contributed by atoms with E-state index in [2.05, 4.69) is 21.9 Å². The maximum absolute atomic E-state index is 11.5. The molecule has 0 aromatic carbocycles. The summed E-state index contributed by atoms with van der Waals surface area (Å²) < 4.78 is 4.13. The Bertz CT molecular complexity index is 547. The van der Waals surface area contributed by atoms with Crippen LogP contribution < -0.4 is 16.4 Å². The average Bonchev–Trinajstić information content (AvgIpc) is 2.84. The third-order valence-electron chi connectivity index (χ3n) is 2.52. The van der Waals surface area contributed by atoms with Crippen molar-refractivity contribution in [3.8, 4) is 0 Å². The van der Waals surface area contributed by atoms with Crippen molar-refractivity contribution >= 4 is 46.2 Å². The van der Waals surface area contributed by atoms with Gasteiger partial charge in [-0.05, 0) is 23.7 Å². The average molecular weight is 346 g/mol. The van der Waals surface area contributed by atoms with Crippen molar-refractivity contribution < 1.29 is 19.5 Å². The SMILES string of the molecule is CCCCCSc1nsc(NC(=O)NCC(=O)O)c1C(N)=O. The van der Waals surface area contributed by atoms with Gasteiger partial charge in [-0.3, -0.25) is 14.9 Å². The van der Waals surface area contributed by atoms with Crippen LogP contribution >= 0.6 is 23.3 Å². The number of nitrogens with zero attached hydrogens (tertiary/aromatic N) is 1. The lowest BCUT2D eigenvalue weighted by atomic mass is 10.3. The smallest absolute Gasteiger partial charge is 0.323 e. The molecule has 3 amide bonds. The second-order valence-corrected chi connectivity index (χ2v) is 6.17. The first kappa shape index (κ1) is 18.2. The fraction of sp³-hybridized carbons (Fsp3) is 0.500. The molecule has 0 saturated heterocycles. The topological polar surface area (TPSA) is 134 Å². The molecule has 0 fully saturated rings. The van der Waals surface area contributed by atoms with Gasteiger partial charge in [0.25, 0.3) is 5.91 Å². The van der Waals surface area contributed by atoms with Crippen molar-refractivity contribution in [3.63, 3.8) is 0 Å². The van der Waals surface area contributed by atoms with Crippen molar-refractivity contribution in [2.75, 3.05) is 17.6 Å². The standard InChI is InChI=1S/C12H18N4O4S2/c1-2-3-4-5-21-11-8(9(13)19)10(22-16-11)15-12(20)14-6-7(17)18/h2-6H2,1H3,(H2,13,19)(H,17,18)(H2,14,15,20). The van der Waals surface area contributed by atoms with E-state index in [1.165, 1.54) is 11.8 Å². The molecule has 0 bridgehead atoms. The molecule has 1 aromatic heterocycles. The minimum Gasteiger partial charge on any atom is -0.480 e. The van der Waals surface area contributed by atoms with E-state index in [9.17, 15) is 14.4 Å². The molecule has 5 N–H and O–H groups in total. The van der Waals surface area contributed by atoms with Gasteiger partial charge < -0.3 is 16.2 Å². The first-order valence-corrected chi connectivity index (χ1v) is 8.40. The highest BCUT2D eigenvalue weighted by atomic mass is 32.2. The van der Waals surface area contributed by atoms with Gasteiger partial charge in [0.15, 0.2) is 0 Å². The number of hydrogen-bond acceptors (Lipinski definition) is 6. The quantitative estimate of drug-likeness (QED) is 0.397. The number of nitrogens with two attached hydrogens (primary N) is 1. The van der Waals surface area contributed by atoms with E-state index in [1.807, 2.05) is 0 Å². The Morgan fingerprint density at radius 1 is 1.36 bits per heavy atom. The summed E-state index contributed by atoms with van der Waals surface area (Å²) in [5, 5.41) is 13.7. The van der Waals surface area contributed by atoms with Gasteiger partial charge in [0, 0.05) is 0 Å². The Morgan fingerprint density at radius 2 is 2.09 bits per heavy atom. The number of aliphatic carboxylic acids is 1. The molecule has 0 atom stereocenters.